The number of aromatic nitrogens is 1. The van der Waals surface area contributed by atoms with Gasteiger partial charge in [-0.2, -0.15) is 0 Å². The van der Waals surface area contributed by atoms with Crippen LogP contribution >= 0.6 is 11.3 Å². The maximum Gasteiger partial charge on any atom is 0.338 e. The molecule has 38 heavy (non-hydrogen) atoms. The molecule has 1 atom stereocenters. The quantitative estimate of drug-likeness (QED) is 0.413. The SMILES string of the molecule is COc1ccc([C@@H]2C(C(=O)OC(C)C)=C(C)N=c3s/c(=C/c4cc(C(C)C)c(OC)cc4C)c(=O)n32)cc1. The first-order valence-corrected chi connectivity index (χ1v) is 13.4. The summed E-state index contributed by atoms with van der Waals surface area (Å²) in [4.78, 5) is 32.4. The lowest BCUT2D eigenvalue weighted by Crippen LogP contribution is -2.40. The molecule has 1 aromatic heterocycles. The van der Waals surface area contributed by atoms with Crippen LogP contribution in [0.15, 0.2) is 57.5 Å². The lowest BCUT2D eigenvalue weighted by Gasteiger charge is -2.25. The van der Waals surface area contributed by atoms with E-state index in [4.69, 9.17) is 14.2 Å². The van der Waals surface area contributed by atoms with Crippen LogP contribution < -0.4 is 24.4 Å². The van der Waals surface area contributed by atoms with Gasteiger partial charge in [0.1, 0.15) is 11.5 Å². The first-order chi connectivity index (χ1) is 18.0. The number of hydrogen-bond donors (Lipinski definition) is 0. The second-order valence-electron chi connectivity index (χ2n) is 9.91. The van der Waals surface area contributed by atoms with Crippen molar-refractivity contribution in [3.63, 3.8) is 0 Å². The number of aryl methyl sites for hydroxylation is 1. The van der Waals surface area contributed by atoms with Crippen LogP contribution in [0.1, 0.15) is 68.8 Å². The molecule has 0 aliphatic carbocycles. The fourth-order valence-corrected chi connectivity index (χ4v) is 5.64. The number of methoxy groups -OCH3 is 2. The van der Waals surface area contributed by atoms with E-state index in [9.17, 15) is 9.59 Å². The summed E-state index contributed by atoms with van der Waals surface area (Å²) in [6, 6.07) is 10.8. The molecule has 0 unspecified atom stereocenters. The highest BCUT2D eigenvalue weighted by atomic mass is 32.1. The van der Waals surface area contributed by atoms with Crippen molar-refractivity contribution in [2.75, 3.05) is 14.2 Å². The van der Waals surface area contributed by atoms with Gasteiger partial charge in [0.2, 0.25) is 0 Å². The Morgan fingerprint density at radius 1 is 1.05 bits per heavy atom. The summed E-state index contributed by atoms with van der Waals surface area (Å²) in [5, 5.41) is 0. The van der Waals surface area contributed by atoms with Crippen LogP contribution in [0, 0.1) is 6.92 Å². The van der Waals surface area contributed by atoms with Gasteiger partial charge in [-0.3, -0.25) is 9.36 Å². The second-order valence-corrected chi connectivity index (χ2v) is 10.9. The third-order valence-corrected chi connectivity index (χ3v) is 7.53. The van der Waals surface area contributed by atoms with E-state index in [2.05, 4.69) is 24.9 Å². The number of allylic oxidation sites excluding steroid dienone is 1. The monoisotopic (exact) mass is 534 g/mol. The summed E-state index contributed by atoms with van der Waals surface area (Å²) in [6.45, 7) is 11.6. The predicted molar refractivity (Wildman–Crippen MR) is 150 cm³/mol. The average molecular weight is 535 g/mol. The topological polar surface area (TPSA) is 79.1 Å². The Bertz CT molecular complexity index is 1580. The van der Waals surface area contributed by atoms with Gasteiger partial charge < -0.3 is 14.2 Å². The van der Waals surface area contributed by atoms with E-state index < -0.39 is 12.0 Å². The van der Waals surface area contributed by atoms with Crippen molar-refractivity contribution in [1.29, 1.82) is 0 Å². The molecule has 3 aromatic rings. The zero-order chi connectivity index (χ0) is 27.7. The Labute approximate surface area is 226 Å². The Morgan fingerprint density at radius 3 is 2.32 bits per heavy atom. The summed E-state index contributed by atoms with van der Waals surface area (Å²) >= 11 is 1.31. The van der Waals surface area contributed by atoms with Crippen molar-refractivity contribution in [2.24, 2.45) is 4.99 Å². The van der Waals surface area contributed by atoms with Gasteiger partial charge in [-0.05, 0) is 86.2 Å². The summed E-state index contributed by atoms with van der Waals surface area (Å²) in [5.41, 5.74) is 4.46. The van der Waals surface area contributed by atoms with E-state index >= 15 is 0 Å². The van der Waals surface area contributed by atoms with E-state index in [0.29, 0.717) is 26.4 Å². The van der Waals surface area contributed by atoms with Crippen LogP contribution in [0.25, 0.3) is 6.08 Å². The molecule has 1 aliphatic rings. The third-order valence-electron chi connectivity index (χ3n) is 6.54. The molecule has 0 amide bonds. The molecule has 0 N–H and O–H groups in total. The highest BCUT2D eigenvalue weighted by molar-refractivity contribution is 7.07. The van der Waals surface area contributed by atoms with Crippen molar-refractivity contribution >= 4 is 23.4 Å². The van der Waals surface area contributed by atoms with Gasteiger partial charge in [-0.25, -0.2) is 9.79 Å². The zero-order valence-corrected chi connectivity index (χ0v) is 23.9. The van der Waals surface area contributed by atoms with Gasteiger partial charge in [0, 0.05) is 0 Å². The van der Waals surface area contributed by atoms with Gasteiger partial charge in [0.25, 0.3) is 5.56 Å². The Morgan fingerprint density at radius 2 is 1.74 bits per heavy atom. The van der Waals surface area contributed by atoms with Crippen LogP contribution in [0.4, 0.5) is 0 Å². The molecular weight excluding hydrogens is 500 g/mol. The number of carbonyl (C=O) groups excluding carboxylic acids is 1. The number of hydrogen-bond acceptors (Lipinski definition) is 7. The lowest BCUT2D eigenvalue weighted by molar-refractivity contribution is -0.143. The number of thiazole rings is 1. The minimum absolute atomic E-state index is 0.210. The number of carbonyl (C=O) groups is 1. The van der Waals surface area contributed by atoms with E-state index in [1.54, 1.807) is 39.6 Å². The third kappa shape index (κ3) is 5.18. The number of esters is 1. The van der Waals surface area contributed by atoms with Gasteiger partial charge >= 0.3 is 5.97 Å². The summed E-state index contributed by atoms with van der Waals surface area (Å²) in [5.74, 6) is 1.29. The van der Waals surface area contributed by atoms with Crippen LogP contribution in [0.5, 0.6) is 11.5 Å². The molecule has 200 valence electrons. The Balaban J connectivity index is 1.94. The maximum atomic E-state index is 13.9. The van der Waals surface area contributed by atoms with Crippen molar-refractivity contribution in [1.82, 2.24) is 4.57 Å². The molecule has 0 fully saturated rings. The molecule has 4 rings (SSSR count). The number of ether oxygens (including phenoxy) is 3. The van der Waals surface area contributed by atoms with Crippen LogP contribution in [-0.2, 0) is 9.53 Å². The average Bonchev–Trinajstić information content (AvgIpc) is 3.17. The van der Waals surface area contributed by atoms with Crippen molar-refractivity contribution in [2.45, 2.75) is 59.6 Å². The first-order valence-electron chi connectivity index (χ1n) is 12.6. The van der Waals surface area contributed by atoms with Crippen LogP contribution in [-0.4, -0.2) is 30.9 Å². The van der Waals surface area contributed by atoms with E-state index in [-0.39, 0.29) is 17.6 Å². The van der Waals surface area contributed by atoms with Crippen molar-refractivity contribution < 1.29 is 19.0 Å². The minimum Gasteiger partial charge on any atom is -0.497 e. The van der Waals surface area contributed by atoms with Crippen LogP contribution in [0.2, 0.25) is 0 Å². The largest absolute Gasteiger partial charge is 0.497 e. The molecule has 7 nitrogen and oxygen atoms in total. The number of fused-ring (bicyclic) bond motifs is 1. The van der Waals surface area contributed by atoms with E-state index in [1.807, 2.05) is 43.3 Å². The first kappa shape index (κ1) is 27.4. The fourth-order valence-electron chi connectivity index (χ4n) is 4.60. The summed E-state index contributed by atoms with van der Waals surface area (Å²) in [6.07, 6.45) is 1.60. The molecular formula is C30H34N2O5S. The maximum absolute atomic E-state index is 13.9. The van der Waals surface area contributed by atoms with E-state index in [0.717, 1.165) is 28.0 Å². The molecule has 0 saturated carbocycles. The number of nitrogens with zero attached hydrogens (tertiary/aromatic N) is 2. The fraction of sp³-hybridized carbons (Fsp3) is 0.367. The van der Waals surface area contributed by atoms with Crippen molar-refractivity contribution in [3.05, 3.63) is 89.6 Å². The molecule has 0 bridgehead atoms. The molecule has 1 aliphatic heterocycles. The number of benzene rings is 2. The predicted octanol–water partition coefficient (Wildman–Crippen LogP) is 4.64. The standard InChI is InChI=1S/C30H34N2O5S/c1-16(2)23-14-21(18(5)13-24(23)36-8)15-25-28(33)32-27(20-9-11-22(35-7)12-10-20)26(29(34)37-17(3)4)19(6)31-30(32)38-25/h9-17,27H,1-8H3/b25-15+/t27-/m1/s1. The molecule has 2 heterocycles. The van der Waals surface area contributed by atoms with Crippen LogP contribution in [0.3, 0.4) is 0 Å². The normalized spacial score (nSPS) is 15.5. The molecule has 0 spiro atoms. The minimum atomic E-state index is -0.672. The zero-order valence-electron chi connectivity index (χ0n) is 23.1. The molecule has 2 aromatic carbocycles. The Kier molecular flexibility index (Phi) is 7.92. The molecule has 8 heteroatoms. The lowest BCUT2D eigenvalue weighted by atomic mass is 9.95. The highest BCUT2D eigenvalue weighted by Crippen LogP contribution is 2.32. The second kappa shape index (κ2) is 11.0. The number of rotatable bonds is 7. The Hall–Kier alpha value is -3.65. The van der Waals surface area contributed by atoms with Gasteiger partial charge in [-0.1, -0.05) is 37.3 Å². The smallest absolute Gasteiger partial charge is 0.338 e. The van der Waals surface area contributed by atoms with Gasteiger partial charge in [0.15, 0.2) is 4.80 Å². The van der Waals surface area contributed by atoms with Gasteiger partial charge in [0.05, 0.1) is 42.2 Å². The van der Waals surface area contributed by atoms with Gasteiger partial charge in [-0.15, -0.1) is 0 Å². The summed E-state index contributed by atoms with van der Waals surface area (Å²) < 4.78 is 18.6. The van der Waals surface area contributed by atoms with E-state index in [1.165, 1.54) is 11.3 Å². The summed E-state index contributed by atoms with van der Waals surface area (Å²) in [7, 11) is 3.27. The molecule has 0 radical (unpaired) electrons. The molecule has 0 saturated heterocycles. The van der Waals surface area contributed by atoms with Crippen molar-refractivity contribution in [3.8, 4) is 11.5 Å². The highest BCUT2D eigenvalue weighted by Gasteiger charge is 2.33.